The van der Waals surface area contributed by atoms with E-state index >= 15 is 0 Å². The van der Waals surface area contributed by atoms with Crippen LogP contribution < -0.4 is 11.1 Å². The maximum atomic E-state index is 11.9. The third-order valence-corrected chi connectivity index (χ3v) is 3.21. The van der Waals surface area contributed by atoms with E-state index in [9.17, 15) is 14.9 Å². The van der Waals surface area contributed by atoms with Crippen LogP contribution in [0.4, 0.5) is 11.4 Å². The van der Waals surface area contributed by atoms with Crippen molar-refractivity contribution < 1.29 is 9.72 Å². The predicted molar refractivity (Wildman–Crippen MR) is 74.2 cm³/mol. The average molecular weight is 286 g/mol. The molecule has 0 fully saturated rings. The van der Waals surface area contributed by atoms with E-state index in [-0.39, 0.29) is 17.3 Å². The summed E-state index contributed by atoms with van der Waals surface area (Å²) in [5.41, 5.74) is 5.61. The Morgan fingerprint density at radius 1 is 1.58 bits per heavy atom. The maximum absolute atomic E-state index is 11.9. The first-order chi connectivity index (χ1) is 8.86. The van der Waals surface area contributed by atoms with E-state index in [0.717, 1.165) is 6.42 Å². The van der Waals surface area contributed by atoms with Crippen LogP contribution in [0, 0.1) is 16.0 Å². The highest BCUT2D eigenvalue weighted by atomic mass is 35.5. The second kappa shape index (κ2) is 6.49. The number of carbonyl (C=O) groups excluding carboxylic acids is 1. The molecule has 3 N–H and O–H groups in total. The van der Waals surface area contributed by atoms with Crippen molar-refractivity contribution in [2.45, 2.75) is 26.3 Å². The van der Waals surface area contributed by atoms with Gasteiger partial charge in [-0.25, -0.2) is 0 Å². The molecule has 0 spiro atoms. The van der Waals surface area contributed by atoms with E-state index in [4.69, 9.17) is 17.3 Å². The van der Waals surface area contributed by atoms with Crippen molar-refractivity contribution in [2.24, 2.45) is 11.7 Å². The summed E-state index contributed by atoms with van der Waals surface area (Å²) in [4.78, 5) is 22.2. The molecule has 0 aliphatic rings. The number of nitrogens with two attached hydrogens (primary N) is 1. The summed E-state index contributed by atoms with van der Waals surface area (Å²) in [7, 11) is 0. The van der Waals surface area contributed by atoms with Gasteiger partial charge in [0.1, 0.15) is 5.69 Å². The molecule has 1 rings (SSSR count). The topological polar surface area (TPSA) is 98.3 Å². The molecule has 0 radical (unpaired) electrons. The molecular formula is C12H16ClN3O3. The lowest BCUT2D eigenvalue weighted by atomic mass is 9.99. The third-order valence-electron chi connectivity index (χ3n) is 2.97. The number of nitro benzene ring substituents is 1. The number of hydrogen-bond acceptors (Lipinski definition) is 4. The predicted octanol–water partition coefficient (Wildman–Crippen LogP) is 2.56. The van der Waals surface area contributed by atoms with Crippen molar-refractivity contribution in [3.63, 3.8) is 0 Å². The van der Waals surface area contributed by atoms with Crippen LogP contribution in [0.5, 0.6) is 0 Å². The lowest BCUT2D eigenvalue weighted by molar-refractivity contribution is -0.383. The van der Waals surface area contributed by atoms with Gasteiger partial charge in [0, 0.05) is 11.1 Å². The van der Waals surface area contributed by atoms with E-state index < -0.39 is 16.9 Å². The number of halogens is 1. The van der Waals surface area contributed by atoms with Gasteiger partial charge in [-0.05, 0) is 18.1 Å². The molecule has 1 amide bonds. The van der Waals surface area contributed by atoms with E-state index in [1.807, 2.05) is 13.8 Å². The standard InChI is InChI=1S/C12H16ClN3O3/c1-3-7(2)11(14)12(17)15-9-6-8(13)4-5-10(9)16(18)19/h4-7,11H,3,14H2,1-2H3,(H,15,17). The molecule has 0 saturated heterocycles. The number of rotatable bonds is 5. The van der Waals surface area contributed by atoms with Crippen LogP contribution in [0.15, 0.2) is 18.2 Å². The SMILES string of the molecule is CCC(C)C(N)C(=O)Nc1cc(Cl)ccc1[N+](=O)[O-]. The minimum Gasteiger partial charge on any atom is -0.320 e. The minimum absolute atomic E-state index is 0.0155. The fraction of sp³-hybridized carbons (Fsp3) is 0.417. The zero-order valence-corrected chi connectivity index (χ0v) is 11.5. The van der Waals surface area contributed by atoms with Gasteiger partial charge in [0.25, 0.3) is 5.69 Å². The largest absolute Gasteiger partial charge is 0.320 e. The van der Waals surface area contributed by atoms with Gasteiger partial charge < -0.3 is 11.1 Å². The Hall–Kier alpha value is -1.66. The number of nitrogens with zero attached hydrogens (tertiary/aromatic N) is 1. The molecule has 1 aromatic rings. The molecule has 7 heteroatoms. The van der Waals surface area contributed by atoms with Crippen LogP contribution in [0.1, 0.15) is 20.3 Å². The Morgan fingerprint density at radius 3 is 2.74 bits per heavy atom. The summed E-state index contributed by atoms with van der Waals surface area (Å²) in [6, 6.07) is 3.25. The first-order valence-corrected chi connectivity index (χ1v) is 6.25. The highest BCUT2D eigenvalue weighted by molar-refractivity contribution is 6.31. The fourth-order valence-corrected chi connectivity index (χ4v) is 1.67. The van der Waals surface area contributed by atoms with Crippen LogP contribution in [-0.4, -0.2) is 16.9 Å². The van der Waals surface area contributed by atoms with Gasteiger partial charge in [0.2, 0.25) is 5.91 Å². The molecule has 1 aromatic carbocycles. The minimum atomic E-state index is -0.719. The van der Waals surface area contributed by atoms with E-state index in [1.54, 1.807) is 0 Å². The summed E-state index contributed by atoms with van der Waals surface area (Å²) in [6.07, 6.45) is 0.742. The zero-order chi connectivity index (χ0) is 14.6. The number of hydrogen-bond donors (Lipinski definition) is 2. The normalized spacial score (nSPS) is 13.7. The lowest BCUT2D eigenvalue weighted by Crippen LogP contribution is -2.40. The van der Waals surface area contributed by atoms with Crippen LogP contribution >= 0.6 is 11.6 Å². The van der Waals surface area contributed by atoms with Crippen molar-refractivity contribution in [1.29, 1.82) is 0 Å². The Balaban J connectivity index is 2.95. The highest BCUT2D eigenvalue weighted by Crippen LogP contribution is 2.27. The van der Waals surface area contributed by atoms with Gasteiger partial charge >= 0.3 is 0 Å². The third kappa shape index (κ3) is 3.90. The Morgan fingerprint density at radius 2 is 2.21 bits per heavy atom. The smallest absolute Gasteiger partial charge is 0.292 e. The fourth-order valence-electron chi connectivity index (χ4n) is 1.50. The number of carbonyl (C=O) groups is 1. The molecule has 6 nitrogen and oxygen atoms in total. The van der Waals surface area contributed by atoms with Crippen LogP contribution in [0.25, 0.3) is 0 Å². The summed E-state index contributed by atoms with van der Waals surface area (Å²) in [6.45, 7) is 3.76. The van der Waals surface area contributed by atoms with Crippen LogP contribution in [0.2, 0.25) is 5.02 Å². The first kappa shape index (κ1) is 15.4. The number of amides is 1. The molecule has 2 atom stereocenters. The van der Waals surface area contributed by atoms with Crippen molar-refractivity contribution in [3.8, 4) is 0 Å². The maximum Gasteiger partial charge on any atom is 0.292 e. The first-order valence-electron chi connectivity index (χ1n) is 5.87. The number of benzene rings is 1. The summed E-state index contributed by atoms with van der Waals surface area (Å²) < 4.78 is 0. The van der Waals surface area contributed by atoms with Gasteiger partial charge in [-0.15, -0.1) is 0 Å². The second-order valence-electron chi connectivity index (χ2n) is 4.32. The molecule has 0 aliphatic carbocycles. The Kier molecular flexibility index (Phi) is 5.26. The summed E-state index contributed by atoms with van der Waals surface area (Å²) >= 11 is 5.77. The van der Waals surface area contributed by atoms with Gasteiger partial charge in [0.05, 0.1) is 11.0 Å². The molecular weight excluding hydrogens is 270 g/mol. The average Bonchev–Trinajstić information content (AvgIpc) is 2.36. The van der Waals surface area contributed by atoms with E-state index in [1.165, 1.54) is 18.2 Å². The van der Waals surface area contributed by atoms with Gasteiger partial charge in [-0.2, -0.15) is 0 Å². The Bertz CT molecular complexity index is 493. The van der Waals surface area contributed by atoms with Crippen molar-refractivity contribution in [1.82, 2.24) is 0 Å². The van der Waals surface area contributed by atoms with Crippen molar-refractivity contribution in [3.05, 3.63) is 33.3 Å². The molecule has 0 heterocycles. The molecule has 0 saturated carbocycles. The van der Waals surface area contributed by atoms with Crippen molar-refractivity contribution in [2.75, 3.05) is 5.32 Å². The van der Waals surface area contributed by atoms with Gasteiger partial charge in [0.15, 0.2) is 0 Å². The van der Waals surface area contributed by atoms with Crippen LogP contribution in [-0.2, 0) is 4.79 Å². The van der Waals surface area contributed by atoms with Crippen molar-refractivity contribution >= 4 is 28.9 Å². The molecule has 104 valence electrons. The molecule has 0 aromatic heterocycles. The van der Waals surface area contributed by atoms with E-state index in [2.05, 4.69) is 5.32 Å². The summed E-state index contributed by atoms with van der Waals surface area (Å²) in [5, 5.41) is 13.6. The molecule has 0 bridgehead atoms. The lowest BCUT2D eigenvalue weighted by Gasteiger charge is -2.17. The summed E-state index contributed by atoms with van der Waals surface area (Å²) in [5.74, 6) is -0.474. The molecule has 2 unspecified atom stereocenters. The quantitative estimate of drug-likeness (QED) is 0.641. The van der Waals surface area contributed by atoms with E-state index in [0.29, 0.717) is 5.02 Å². The number of nitrogens with one attached hydrogen (secondary N) is 1. The second-order valence-corrected chi connectivity index (χ2v) is 4.76. The van der Waals surface area contributed by atoms with Gasteiger partial charge in [-0.3, -0.25) is 14.9 Å². The van der Waals surface area contributed by atoms with Crippen LogP contribution in [0.3, 0.4) is 0 Å². The number of anilines is 1. The van der Waals surface area contributed by atoms with Gasteiger partial charge in [-0.1, -0.05) is 31.9 Å². The monoisotopic (exact) mass is 285 g/mol. The zero-order valence-electron chi connectivity index (χ0n) is 10.7. The molecule has 19 heavy (non-hydrogen) atoms. The Labute approximate surface area is 116 Å². The highest BCUT2D eigenvalue weighted by Gasteiger charge is 2.22. The molecule has 0 aliphatic heterocycles. The number of nitro groups is 1.